The molecule has 2 N–H and O–H groups in total. The number of pyridine rings is 1. The van der Waals surface area contributed by atoms with Gasteiger partial charge in [0, 0.05) is 37.1 Å². The molecule has 31 heavy (non-hydrogen) atoms. The lowest BCUT2D eigenvalue weighted by molar-refractivity contribution is -0.153. The van der Waals surface area contributed by atoms with Gasteiger partial charge in [0.1, 0.15) is 11.3 Å². The number of hydrogen-bond acceptors (Lipinski definition) is 7. The van der Waals surface area contributed by atoms with Crippen LogP contribution in [0.5, 0.6) is 5.75 Å². The van der Waals surface area contributed by atoms with E-state index in [0.717, 1.165) is 19.5 Å². The molecule has 7 nitrogen and oxygen atoms in total. The fraction of sp³-hybridized carbons (Fsp3) is 0.350. The van der Waals surface area contributed by atoms with Crippen molar-refractivity contribution in [2.24, 2.45) is 0 Å². The summed E-state index contributed by atoms with van der Waals surface area (Å²) in [6.07, 6.45) is -1.72. The van der Waals surface area contributed by atoms with Crippen LogP contribution in [-0.4, -0.2) is 52.9 Å². The fourth-order valence-electron chi connectivity index (χ4n) is 3.97. The quantitative estimate of drug-likeness (QED) is 0.610. The summed E-state index contributed by atoms with van der Waals surface area (Å²) < 4.78 is 42.0. The van der Waals surface area contributed by atoms with Crippen LogP contribution < -0.4 is 20.3 Å². The molecular formula is C20H18ClF3N6O. The van der Waals surface area contributed by atoms with E-state index in [4.69, 9.17) is 21.3 Å². The lowest BCUT2D eigenvalue weighted by atomic mass is 10.2. The van der Waals surface area contributed by atoms with E-state index in [2.05, 4.69) is 25.5 Å². The van der Waals surface area contributed by atoms with Crippen molar-refractivity contribution in [3.05, 3.63) is 41.6 Å². The number of aromatic nitrogens is 3. The average molecular weight is 451 g/mol. The van der Waals surface area contributed by atoms with E-state index in [0.29, 0.717) is 40.6 Å². The van der Waals surface area contributed by atoms with Crippen molar-refractivity contribution in [3.63, 3.8) is 0 Å². The molecule has 0 unspecified atom stereocenters. The minimum Gasteiger partial charge on any atom is -0.483 e. The number of benzene rings is 1. The van der Waals surface area contributed by atoms with Crippen molar-refractivity contribution >= 4 is 40.1 Å². The first kappa shape index (κ1) is 20.1. The van der Waals surface area contributed by atoms with Gasteiger partial charge in [-0.05, 0) is 36.8 Å². The van der Waals surface area contributed by atoms with Crippen LogP contribution in [0, 0.1) is 0 Å². The predicted molar refractivity (Wildman–Crippen MR) is 111 cm³/mol. The number of rotatable bonds is 5. The van der Waals surface area contributed by atoms with Crippen LogP contribution >= 0.6 is 11.6 Å². The Bertz CT molecular complexity index is 1130. The first-order valence-corrected chi connectivity index (χ1v) is 10.1. The molecule has 1 aromatic carbocycles. The summed E-state index contributed by atoms with van der Waals surface area (Å²) in [6.45, 7) is 0.333. The number of fused-ring (bicyclic) bond motifs is 3. The maximum Gasteiger partial charge on any atom is 0.422 e. The first-order valence-electron chi connectivity index (χ1n) is 9.75. The molecule has 0 amide bonds. The number of hydrogen-bond donors (Lipinski definition) is 2. The van der Waals surface area contributed by atoms with Crippen LogP contribution in [0.4, 0.5) is 30.6 Å². The van der Waals surface area contributed by atoms with Gasteiger partial charge in [-0.25, -0.2) is 4.98 Å². The standard InChI is InChI=1S/C20H18ClF3N6O/c21-14-7-11(3-4-16(14)31-10-20(22,23)24)27-18-17-15(2-1-5-25-17)28-19(29-18)30-9-12-6-13(30)8-26-12/h1-5,7,12-13,26H,6,8-10H2,(H,27,28,29)/t12-,13-/m0/s1. The highest BCUT2D eigenvalue weighted by Gasteiger charge is 2.39. The normalized spacial score (nSPS) is 20.5. The summed E-state index contributed by atoms with van der Waals surface area (Å²) in [5, 5.41) is 6.69. The Morgan fingerprint density at radius 2 is 2.13 bits per heavy atom. The van der Waals surface area contributed by atoms with E-state index in [1.165, 1.54) is 12.1 Å². The van der Waals surface area contributed by atoms with Crippen LogP contribution in [0.25, 0.3) is 11.0 Å². The van der Waals surface area contributed by atoms with Gasteiger partial charge in [0.25, 0.3) is 0 Å². The predicted octanol–water partition coefficient (Wildman–Crippen LogP) is 3.91. The summed E-state index contributed by atoms with van der Waals surface area (Å²) in [4.78, 5) is 16.0. The van der Waals surface area contributed by atoms with Gasteiger partial charge in [-0.15, -0.1) is 0 Å². The number of ether oxygens (including phenoxy) is 1. The maximum absolute atomic E-state index is 12.4. The lowest BCUT2D eigenvalue weighted by Gasteiger charge is -2.28. The summed E-state index contributed by atoms with van der Waals surface area (Å²) in [5.74, 6) is 1.07. The number of piperazine rings is 1. The minimum absolute atomic E-state index is 0.0449. The monoisotopic (exact) mass is 450 g/mol. The van der Waals surface area contributed by atoms with E-state index in [9.17, 15) is 13.2 Å². The zero-order valence-corrected chi connectivity index (χ0v) is 16.9. The molecule has 4 heterocycles. The second kappa shape index (κ2) is 7.69. The van der Waals surface area contributed by atoms with Gasteiger partial charge in [0.2, 0.25) is 5.95 Å². The van der Waals surface area contributed by atoms with Crippen molar-refractivity contribution in [3.8, 4) is 5.75 Å². The molecule has 5 rings (SSSR count). The highest BCUT2D eigenvalue weighted by atomic mass is 35.5. The van der Waals surface area contributed by atoms with Gasteiger partial charge >= 0.3 is 6.18 Å². The molecule has 0 radical (unpaired) electrons. The van der Waals surface area contributed by atoms with E-state index >= 15 is 0 Å². The molecule has 162 valence electrons. The molecule has 2 bridgehead atoms. The maximum atomic E-state index is 12.4. The molecule has 3 aromatic rings. The second-order valence-electron chi connectivity index (χ2n) is 7.56. The smallest absolute Gasteiger partial charge is 0.422 e. The number of alkyl halides is 3. The van der Waals surface area contributed by atoms with E-state index in [1.807, 2.05) is 12.1 Å². The van der Waals surface area contributed by atoms with Gasteiger partial charge in [-0.2, -0.15) is 18.2 Å². The van der Waals surface area contributed by atoms with Crippen molar-refractivity contribution < 1.29 is 17.9 Å². The zero-order chi connectivity index (χ0) is 21.6. The van der Waals surface area contributed by atoms with Crippen LogP contribution in [-0.2, 0) is 0 Å². The molecule has 2 fully saturated rings. The van der Waals surface area contributed by atoms with Crippen LogP contribution in [0.3, 0.4) is 0 Å². The molecule has 0 aliphatic carbocycles. The van der Waals surface area contributed by atoms with Crippen LogP contribution in [0.1, 0.15) is 6.42 Å². The number of halogens is 4. The first-order chi connectivity index (χ1) is 14.9. The highest BCUT2D eigenvalue weighted by Crippen LogP contribution is 2.33. The Balaban J connectivity index is 1.44. The van der Waals surface area contributed by atoms with E-state index in [-0.39, 0.29) is 10.8 Å². The SMILES string of the molecule is FC(F)(F)COc1ccc(Nc2nc(N3C[C@@H]4C[C@H]3CN4)nc3cccnc23)cc1Cl. The third kappa shape index (κ3) is 4.17. The molecule has 0 saturated carbocycles. The molecule has 2 aliphatic heterocycles. The largest absolute Gasteiger partial charge is 0.483 e. The van der Waals surface area contributed by atoms with Gasteiger partial charge in [-0.1, -0.05) is 11.6 Å². The summed E-state index contributed by atoms with van der Waals surface area (Å²) in [5.41, 5.74) is 1.83. The van der Waals surface area contributed by atoms with E-state index in [1.54, 1.807) is 12.3 Å². The van der Waals surface area contributed by atoms with Crippen molar-refractivity contribution in [2.45, 2.75) is 24.7 Å². The molecule has 2 aliphatic rings. The summed E-state index contributed by atoms with van der Waals surface area (Å²) in [6, 6.07) is 8.93. The average Bonchev–Trinajstić information content (AvgIpc) is 3.36. The Hall–Kier alpha value is -2.85. The second-order valence-corrected chi connectivity index (χ2v) is 7.97. The van der Waals surface area contributed by atoms with Gasteiger partial charge in [-0.3, -0.25) is 4.98 Å². The Morgan fingerprint density at radius 1 is 1.26 bits per heavy atom. The van der Waals surface area contributed by atoms with Gasteiger partial charge < -0.3 is 20.3 Å². The topological polar surface area (TPSA) is 75.2 Å². The number of nitrogens with zero attached hydrogens (tertiary/aromatic N) is 4. The Kier molecular flexibility index (Phi) is 4.98. The van der Waals surface area contributed by atoms with Gasteiger partial charge in [0.05, 0.1) is 10.5 Å². The molecule has 2 saturated heterocycles. The third-order valence-corrected chi connectivity index (χ3v) is 5.64. The highest BCUT2D eigenvalue weighted by molar-refractivity contribution is 6.32. The Morgan fingerprint density at radius 3 is 2.84 bits per heavy atom. The van der Waals surface area contributed by atoms with E-state index < -0.39 is 12.8 Å². The summed E-state index contributed by atoms with van der Waals surface area (Å²) in [7, 11) is 0. The van der Waals surface area contributed by atoms with Crippen LogP contribution in [0.15, 0.2) is 36.5 Å². The molecule has 2 aromatic heterocycles. The molecule has 0 spiro atoms. The van der Waals surface area contributed by atoms with Crippen molar-refractivity contribution in [2.75, 3.05) is 29.9 Å². The van der Waals surface area contributed by atoms with Crippen molar-refractivity contribution in [1.82, 2.24) is 20.3 Å². The number of anilines is 3. The minimum atomic E-state index is -4.44. The van der Waals surface area contributed by atoms with Crippen molar-refractivity contribution in [1.29, 1.82) is 0 Å². The Labute approximate surface area is 180 Å². The molecular weight excluding hydrogens is 433 g/mol. The lowest BCUT2D eigenvalue weighted by Crippen LogP contribution is -2.44. The summed E-state index contributed by atoms with van der Waals surface area (Å²) >= 11 is 6.12. The fourth-order valence-corrected chi connectivity index (χ4v) is 4.20. The third-order valence-electron chi connectivity index (χ3n) is 5.34. The number of nitrogens with one attached hydrogen (secondary N) is 2. The van der Waals surface area contributed by atoms with Crippen LogP contribution in [0.2, 0.25) is 5.02 Å². The van der Waals surface area contributed by atoms with Gasteiger partial charge in [0.15, 0.2) is 12.4 Å². The zero-order valence-electron chi connectivity index (χ0n) is 16.2. The molecule has 11 heteroatoms. The molecule has 2 atom stereocenters.